The molecule has 1 aliphatic carbocycles. The van der Waals surface area contributed by atoms with Crippen molar-refractivity contribution in [1.82, 2.24) is 10.6 Å². The number of nitrogens with two attached hydrogens (primary N) is 1. The van der Waals surface area contributed by atoms with Crippen LogP contribution in [0.2, 0.25) is 10.0 Å². The topological polar surface area (TPSA) is 93.5 Å². The molecule has 6 nitrogen and oxygen atoms in total. The molecule has 0 saturated heterocycles. The smallest absolute Gasteiger partial charge is 0.309 e. The van der Waals surface area contributed by atoms with Gasteiger partial charge in [-0.05, 0) is 38.3 Å². The predicted molar refractivity (Wildman–Crippen MR) is 95.8 cm³/mol. The number of amides is 2. The van der Waals surface area contributed by atoms with Gasteiger partial charge in [-0.1, -0.05) is 29.3 Å². The van der Waals surface area contributed by atoms with E-state index >= 15 is 0 Å². The lowest BCUT2D eigenvalue weighted by Crippen LogP contribution is -2.44. The van der Waals surface area contributed by atoms with Crippen molar-refractivity contribution in [2.24, 2.45) is 11.1 Å². The summed E-state index contributed by atoms with van der Waals surface area (Å²) in [7, 11) is 0. The Morgan fingerprint density at radius 3 is 2.72 bits per heavy atom. The summed E-state index contributed by atoms with van der Waals surface area (Å²) in [5.74, 6) is -0.847. The van der Waals surface area contributed by atoms with Crippen LogP contribution in [0.3, 0.4) is 0 Å². The lowest BCUT2D eigenvalue weighted by atomic mass is 10.0. The zero-order valence-electron chi connectivity index (χ0n) is 13.7. The Morgan fingerprint density at radius 1 is 1.28 bits per heavy atom. The molecule has 1 unspecified atom stereocenters. The monoisotopic (exact) mass is 385 g/mol. The number of carbonyl (C=O) groups is 2. The van der Waals surface area contributed by atoms with Crippen LogP contribution in [0.25, 0.3) is 0 Å². The third kappa shape index (κ3) is 4.02. The first-order chi connectivity index (χ1) is 12.0. The number of fused-ring (bicyclic) bond motifs is 1. The molecular weight excluding hydrogens is 365 g/mol. The normalized spacial score (nSPS) is 20.7. The zero-order valence-corrected chi connectivity index (χ0v) is 15.3. The first-order valence-electron chi connectivity index (χ1n) is 8.35. The Labute approximate surface area is 156 Å². The summed E-state index contributed by atoms with van der Waals surface area (Å²) in [4.78, 5) is 24.3. The molecule has 2 aliphatic rings. The largest absolute Gasteiger partial charge is 0.492 e. The van der Waals surface area contributed by atoms with Crippen molar-refractivity contribution in [2.75, 3.05) is 19.7 Å². The number of rotatable bonds is 4. The van der Waals surface area contributed by atoms with Gasteiger partial charge in [0.25, 0.3) is 0 Å². The van der Waals surface area contributed by atoms with Gasteiger partial charge in [-0.25, -0.2) is 0 Å². The Hall–Kier alpha value is -1.50. The van der Waals surface area contributed by atoms with Crippen molar-refractivity contribution < 1.29 is 14.3 Å². The van der Waals surface area contributed by atoms with Crippen LogP contribution in [0, 0.1) is 5.41 Å². The van der Waals surface area contributed by atoms with Gasteiger partial charge in [0.15, 0.2) is 0 Å². The molecule has 136 valence electrons. The van der Waals surface area contributed by atoms with Crippen LogP contribution >= 0.6 is 23.2 Å². The van der Waals surface area contributed by atoms with Gasteiger partial charge in [0.2, 0.25) is 0 Å². The van der Waals surface area contributed by atoms with Gasteiger partial charge in [0, 0.05) is 17.5 Å². The van der Waals surface area contributed by atoms with Gasteiger partial charge >= 0.3 is 11.8 Å². The maximum atomic E-state index is 12.3. The highest BCUT2D eigenvalue weighted by molar-refractivity contribution is 6.43. The molecule has 0 aromatic heterocycles. The molecule has 3 rings (SSSR count). The van der Waals surface area contributed by atoms with Crippen LogP contribution in [0.5, 0.6) is 5.75 Å². The van der Waals surface area contributed by atoms with Crippen LogP contribution in [-0.2, 0) is 9.59 Å². The van der Waals surface area contributed by atoms with Gasteiger partial charge in [-0.2, -0.15) is 0 Å². The first kappa shape index (κ1) is 18.3. The van der Waals surface area contributed by atoms with E-state index in [9.17, 15) is 9.59 Å². The molecule has 0 bridgehead atoms. The van der Waals surface area contributed by atoms with E-state index in [0.29, 0.717) is 41.9 Å². The van der Waals surface area contributed by atoms with Gasteiger partial charge < -0.3 is 21.1 Å². The van der Waals surface area contributed by atoms with Gasteiger partial charge in [0.05, 0.1) is 17.7 Å². The number of hydrogen-bond donors (Lipinski definition) is 3. The quantitative estimate of drug-likeness (QED) is 0.692. The van der Waals surface area contributed by atoms with Crippen molar-refractivity contribution in [3.8, 4) is 5.75 Å². The van der Waals surface area contributed by atoms with Gasteiger partial charge in [0.1, 0.15) is 10.8 Å². The van der Waals surface area contributed by atoms with E-state index in [1.54, 1.807) is 12.1 Å². The molecule has 1 heterocycles. The average Bonchev–Trinajstić information content (AvgIpc) is 3.41. The van der Waals surface area contributed by atoms with Crippen LogP contribution in [0.15, 0.2) is 12.1 Å². The van der Waals surface area contributed by atoms with Crippen LogP contribution in [-0.4, -0.2) is 31.5 Å². The minimum Gasteiger partial charge on any atom is -0.492 e. The number of nitrogens with one attached hydrogen (secondary N) is 2. The summed E-state index contributed by atoms with van der Waals surface area (Å²) in [6, 6.07) is 3.08. The zero-order chi connectivity index (χ0) is 18.0. The molecule has 1 atom stereocenters. The fourth-order valence-corrected chi connectivity index (χ4v) is 3.31. The Balaban J connectivity index is 1.67. The Morgan fingerprint density at radius 2 is 2.04 bits per heavy atom. The third-order valence-corrected chi connectivity index (χ3v) is 5.65. The molecule has 1 fully saturated rings. The molecule has 4 N–H and O–H groups in total. The summed E-state index contributed by atoms with van der Waals surface area (Å²) in [6.07, 6.45) is 3.35. The Bertz CT molecular complexity index is 692. The van der Waals surface area contributed by atoms with Gasteiger partial charge in [-0.15, -0.1) is 0 Å². The van der Waals surface area contributed by atoms with Crippen LogP contribution in [0.1, 0.15) is 37.3 Å². The van der Waals surface area contributed by atoms with E-state index in [0.717, 1.165) is 24.8 Å². The number of halogens is 2. The molecule has 0 spiro atoms. The molecule has 2 amide bonds. The van der Waals surface area contributed by atoms with Crippen molar-refractivity contribution in [2.45, 2.75) is 31.7 Å². The van der Waals surface area contributed by atoms with E-state index in [1.807, 2.05) is 0 Å². The number of benzene rings is 1. The summed E-state index contributed by atoms with van der Waals surface area (Å²) >= 11 is 12.2. The van der Waals surface area contributed by atoms with Crippen molar-refractivity contribution in [1.29, 1.82) is 0 Å². The van der Waals surface area contributed by atoms with Crippen molar-refractivity contribution in [3.05, 3.63) is 27.7 Å². The first-order valence-corrected chi connectivity index (χ1v) is 9.11. The molecule has 0 radical (unpaired) electrons. The van der Waals surface area contributed by atoms with Crippen molar-refractivity contribution >= 4 is 35.0 Å². The summed E-state index contributed by atoms with van der Waals surface area (Å²) in [5, 5.41) is 6.16. The lowest BCUT2D eigenvalue weighted by Gasteiger charge is -2.19. The molecule has 1 aromatic rings. The summed E-state index contributed by atoms with van der Waals surface area (Å²) in [6.45, 7) is 1.42. The predicted octanol–water partition coefficient (Wildman–Crippen LogP) is 2.18. The standard InChI is InChI=1S/C17H21Cl2N3O3/c18-11-4-3-10-12(2-1-7-25-14(10)13(11)19)22-16(24)15(23)21-9-17(8-20)5-6-17/h3-4,12H,1-2,5-9,20H2,(H,21,23)(H,22,24). The maximum Gasteiger partial charge on any atom is 0.309 e. The molecule has 8 heteroatoms. The van der Waals surface area contributed by atoms with Crippen LogP contribution < -0.4 is 21.1 Å². The second-order valence-corrected chi connectivity index (χ2v) is 7.47. The fourth-order valence-electron chi connectivity index (χ4n) is 2.94. The fraction of sp³-hybridized carbons (Fsp3) is 0.529. The number of hydrogen-bond acceptors (Lipinski definition) is 4. The molecule has 25 heavy (non-hydrogen) atoms. The maximum absolute atomic E-state index is 12.3. The highest BCUT2D eigenvalue weighted by atomic mass is 35.5. The highest BCUT2D eigenvalue weighted by Gasteiger charge is 2.41. The van der Waals surface area contributed by atoms with E-state index in [4.69, 9.17) is 33.7 Å². The van der Waals surface area contributed by atoms with E-state index in [1.165, 1.54) is 0 Å². The number of carbonyl (C=O) groups excluding carboxylic acids is 2. The van der Waals surface area contributed by atoms with Gasteiger partial charge in [-0.3, -0.25) is 9.59 Å². The second-order valence-electron chi connectivity index (χ2n) is 6.68. The molecule has 1 aromatic carbocycles. The minimum atomic E-state index is -0.670. The average molecular weight is 386 g/mol. The van der Waals surface area contributed by atoms with Crippen molar-refractivity contribution in [3.63, 3.8) is 0 Å². The SMILES string of the molecule is NCC1(CNC(=O)C(=O)NC2CCCOc3c2ccc(Cl)c3Cl)CC1. The molecule has 1 saturated carbocycles. The van der Waals surface area contributed by atoms with Crippen LogP contribution in [0.4, 0.5) is 0 Å². The summed E-state index contributed by atoms with van der Waals surface area (Å²) < 4.78 is 5.67. The highest BCUT2D eigenvalue weighted by Crippen LogP contribution is 2.43. The van der Waals surface area contributed by atoms with E-state index in [-0.39, 0.29) is 11.5 Å². The number of ether oxygens (including phenoxy) is 1. The van der Waals surface area contributed by atoms with E-state index in [2.05, 4.69) is 10.6 Å². The minimum absolute atomic E-state index is 0.0248. The lowest BCUT2D eigenvalue weighted by molar-refractivity contribution is -0.139. The Kier molecular flexibility index (Phi) is 5.41. The summed E-state index contributed by atoms with van der Waals surface area (Å²) in [5.41, 5.74) is 6.39. The second kappa shape index (κ2) is 7.40. The third-order valence-electron chi connectivity index (χ3n) is 4.87. The molecular formula is C17H21Cl2N3O3. The van der Waals surface area contributed by atoms with E-state index < -0.39 is 11.8 Å². The molecule has 1 aliphatic heterocycles.